The van der Waals surface area contributed by atoms with E-state index in [4.69, 9.17) is 27.3 Å². The van der Waals surface area contributed by atoms with E-state index < -0.39 is 47.0 Å². The summed E-state index contributed by atoms with van der Waals surface area (Å²) in [7, 11) is 0. The number of hydrogen-bond donors (Lipinski definition) is 4. The molecule has 2 aliphatic heterocycles. The summed E-state index contributed by atoms with van der Waals surface area (Å²) >= 11 is 8.28. The number of carbonyl (C=O) groups is 4. The zero-order chi connectivity index (χ0) is 26.9. The number of oxime groups is 1. The van der Waals surface area contributed by atoms with Gasteiger partial charge in [-0.15, -0.1) is 11.8 Å². The predicted octanol–water partition coefficient (Wildman–Crippen LogP) is 0.299. The summed E-state index contributed by atoms with van der Waals surface area (Å²) in [6, 6.07) is 4.37. The maximum atomic E-state index is 13.1. The molecule has 0 aromatic carbocycles. The maximum absolute atomic E-state index is 13.1. The lowest BCUT2D eigenvalue weighted by Gasteiger charge is -2.49. The molecule has 5 N–H and O–H groups in total. The number of aliphatic carboxylic acids is 2. The first kappa shape index (κ1) is 26.4. The Labute approximate surface area is 222 Å². The number of carboxylic acid groups (broad SMARTS) is 2. The average Bonchev–Trinajstić information content (AvgIpc) is 3.19. The molecule has 16 heteroatoms. The number of halogens is 1. The largest absolute Gasteiger partial charge is 0.478 e. The molecule has 0 aliphatic carbocycles. The Kier molecular flexibility index (Phi) is 7.65. The number of nitrogens with one attached hydrogen (secondary N) is 1. The quantitative estimate of drug-likeness (QED) is 0.142. The van der Waals surface area contributed by atoms with Crippen LogP contribution in [0.25, 0.3) is 0 Å². The first-order valence-corrected chi connectivity index (χ1v) is 12.9. The van der Waals surface area contributed by atoms with E-state index >= 15 is 0 Å². The third kappa shape index (κ3) is 5.38. The molecule has 13 nitrogen and oxygen atoms in total. The monoisotopic (exact) mass is 567 g/mol. The van der Waals surface area contributed by atoms with E-state index in [0.29, 0.717) is 11.3 Å². The lowest BCUT2D eigenvalue weighted by atomic mass is 10.0. The van der Waals surface area contributed by atoms with Gasteiger partial charge in [0.05, 0.1) is 0 Å². The number of thiazole rings is 1. The van der Waals surface area contributed by atoms with Crippen LogP contribution in [0.1, 0.15) is 12.6 Å². The second-order valence-electron chi connectivity index (χ2n) is 7.87. The van der Waals surface area contributed by atoms with Crippen LogP contribution in [0.15, 0.2) is 47.0 Å². The number of nitrogens with two attached hydrogens (primary N) is 1. The van der Waals surface area contributed by atoms with Crippen molar-refractivity contribution in [2.75, 3.05) is 11.5 Å². The molecule has 2 amide bonds. The van der Waals surface area contributed by atoms with Crippen LogP contribution in [0.4, 0.5) is 5.13 Å². The number of carboxylic acids is 2. The SMILES string of the molecule is C[C@H](ON=C(C(=O)NC1C(=O)N2C(C(=O)O)=C(C[n+]3ccccc3)CSC12)c1nc(N)sc1Cl)C(=O)O. The van der Waals surface area contributed by atoms with Crippen LogP contribution in [-0.4, -0.2) is 72.8 Å². The van der Waals surface area contributed by atoms with Gasteiger partial charge in [-0.3, -0.25) is 14.5 Å². The summed E-state index contributed by atoms with van der Waals surface area (Å²) in [6.45, 7) is 1.48. The molecule has 4 rings (SSSR count). The fraction of sp³-hybridized carbons (Fsp3) is 0.286. The smallest absolute Gasteiger partial charge is 0.352 e. The number of rotatable bonds is 9. The minimum absolute atomic E-state index is 0.00531. The van der Waals surface area contributed by atoms with Gasteiger partial charge in [-0.05, 0) is 6.92 Å². The molecule has 2 aromatic heterocycles. The summed E-state index contributed by atoms with van der Waals surface area (Å²) in [6.07, 6.45) is 2.18. The molecule has 0 bridgehead atoms. The number of β-lactam (4-membered cyclic amide) rings is 1. The van der Waals surface area contributed by atoms with Crippen molar-refractivity contribution in [3.63, 3.8) is 0 Å². The van der Waals surface area contributed by atoms with Crippen molar-refractivity contribution >= 4 is 69.3 Å². The lowest BCUT2D eigenvalue weighted by molar-refractivity contribution is -0.689. The van der Waals surface area contributed by atoms with Gasteiger partial charge in [0.25, 0.3) is 11.8 Å². The first-order chi connectivity index (χ1) is 17.6. The number of aromatic nitrogens is 2. The van der Waals surface area contributed by atoms with E-state index in [1.165, 1.54) is 18.7 Å². The van der Waals surface area contributed by atoms with E-state index in [9.17, 15) is 24.3 Å². The fourth-order valence-electron chi connectivity index (χ4n) is 3.61. The van der Waals surface area contributed by atoms with E-state index in [0.717, 1.165) is 16.2 Å². The molecule has 194 valence electrons. The van der Waals surface area contributed by atoms with Gasteiger partial charge < -0.3 is 26.1 Å². The number of amides is 2. The molecule has 0 saturated carbocycles. The normalized spacial score (nSPS) is 20.1. The first-order valence-electron chi connectivity index (χ1n) is 10.6. The molecule has 2 aliphatic rings. The standard InChI is InChI=1S/C21H19ClN6O7S2/c1-9(19(31)32)35-26-12(11-15(22)37-21(23)25-11)16(29)24-13-17(30)28-14(20(33)34)10(8-36-18(13)28)7-27-5-3-2-4-6-27/h2-6,9,13,18H,7-8H2,1H3,(H4-,23,24,25,29,31,32,33,34)/p+1/t9-,13?,18?/m0/s1. The van der Waals surface area contributed by atoms with E-state index in [1.807, 2.05) is 18.2 Å². The van der Waals surface area contributed by atoms with Gasteiger partial charge >= 0.3 is 11.9 Å². The molecule has 37 heavy (non-hydrogen) atoms. The molecule has 3 atom stereocenters. The van der Waals surface area contributed by atoms with Gasteiger partial charge in [-0.1, -0.05) is 34.2 Å². The second kappa shape index (κ2) is 10.7. The highest BCUT2D eigenvalue weighted by Crippen LogP contribution is 2.40. The number of fused-ring (bicyclic) bond motifs is 1. The van der Waals surface area contributed by atoms with Gasteiger partial charge in [0, 0.05) is 23.5 Å². The van der Waals surface area contributed by atoms with Crippen LogP contribution in [0.5, 0.6) is 0 Å². The third-order valence-corrected chi connectivity index (χ3v) is 7.80. The van der Waals surface area contributed by atoms with Gasteiger partial charge in [0.1, 0.15) is 27.1 Å². The topological polar surface area (TPSA) is 188 Å². The number of hydrogen-bond acceptors (Lipinski definition) is 10. The number of nitrogen functional groups attached to an aromatic ring is 1. The lowest BCUT2D eigenvalue weighted by Crippen LogP contribution is -2.71. The number of anilines is 1. The number of carbonyl (C=O) groups excluding carboxylic acids is 2. The summed E-state index contributed by atoms with van der Waals surface area (Å²) in [5.41, 5.74) is 5.45. The number of pyridine rings is 1. The van der Waals surface area contributed by atoms with Crippen molar-refractivity contribution in [2.24, 2.45) is 5.16 Å². The van der Waals surface area contributed by atoms with Crippen molar-refractivity contribution in [2.45, 2.75) is 31.0 Å². The molecular weight excluding hydrogens is 548 g/mol. The molecule has 4 heterocycles. The van der Waals surface area contributed by atoms with Crippen LogP contribution < -0.4 is 15.6 Å². The molecule has 2 aromatic rings. The molecule has 0 spiro atoms. The van der Waals surface area contributed by atoms with Crippen LogP contribution in [0.2, 0.25) is 4.34 Å². The summed E-state index contributed by atoms with van der Waals surface area (Å²) < 4.78 is 1.80. The minimum atomic E-state index is -1.39. The molecule has 1 saturated heterocycles. The average molecular weight is 568 g/mol. The van der Waals surface area contributed by atoms with Crippen LogP contribution >= 0.6 is 34.7 Å². The van der Waals surface area contributed by atoms with E-state index in [1.54, 1.807) is 17.0 Å². The fourth-order valence-corrected chi connectivity index (χ4v) is 5.87. The van der Waals surface area contributed by atoms with Crippen LogP contribution in [0, 0.1) is 0 Å². The van der Waals surface area contributed by atoms with Crippen molar-refractivity contribution in [1.29, 1.82) is 0 Å². The summed E-state index contributed by atoms with van der Waals surface area (Å²) in [4.78, 5) is 59.3. The molecule has 0 radical (unpaired) electrons. The summed E-state index contributed by atoms with van der Waals surface area (Å²) in [5, 5.41) is 24.4. The predicted molar refractivity (Wildman–Crippen MR) is 133 cm³/mol. The van der Waals surface area contributed by atoms with Crippen molar-refractivity contribution in [1.82, 2.24) is 15.2 Å². The minimum Gasteiger partial charge on any atom is -0.478 e. The molecule has 2 unspecified atom stereocenters. The van der Waals surface area contributed by atoms with Crippen molar-refractivity contribution in [3.8, 4) is 0 Å². The Morgan fingerprint density at radius 3 is 2.65 bits per heavy atom. The Morgan fingerprint density at radius 2 is 2.05 bits per heavy atom. The summed E-state index contributed by atoms with van der Waals surface area (Å²) in [5.74, 6) is -3.80. The van der Waals surface area contributed by atoms with E-state index in [2.05, 4.69) is 15.5 Å². The van der Waals surface area contributed by atoms with Gasteiger partial charge in [-0.25, -0.2) is 19.1 Å². The van der Waals surface area contributed by atoms with Crippen LogP contribution in [0.3, 0.4) is 0 Å². The molecular formula is C21H20ClN6O7S2+. The number of thioether (sulfide) groups is 1. The zero-order valence-electron chi connectivity index (χ0n) is 19.0. The maximum Gasteiger partial charge on any atom is 0.352 e. The Morgan fingerprint density at radius 1 is 1.35 bits per heavy atom. The van der Waals surface area contributed by atoms with Crippen molar-refractivity contribution in [3.05, 3.63) is 51.9 Å². The van der Waals surface area contributed by atoms with Crippen LogP contribution in [-0.2, 0) is 30.6 Å². The zero-order valence-corrected chi connectivity index (χ0v) is 21.4. The highest BCUT2D eigenvalue weighted by molar-refractivity contribution is 8.00. The third-order valence-electron chi connectivity index (χ3n) is 5.38. The van der Waals surface area contributed by atoms with Crippen molar-refractivity contribution < 1.29 is 38.8 Å². The Bertz CT molecular complexity index is 1330. The van der Waals surface area contributed by atoms with Gasteiger partial charge in [0.15, 0.2) is 29.8 Å². The highest BCUT2D eigenvalue weighted by Gasteiger charge is 2.55. The second-order valence-corrected chi connectivity index (χ2v) is 10.6. The Balaban J connectivity index is 1.56. The van der Waals surface area contributed by atoms with Gasteiger partial charge in [0.2, 0.25) is 6.10 Å². The Hall–Kier alpha value is -3.69. The van der Waals surface area contributed by atoms with E-state index in [-0.39, 0.29) is 27.4 Å². The molecule has 1 fully saturated rings. The van der Waals surface area contributed by atoms with Gasteiger partial charge in [-0.2, -0.15) is 0 Å². The number of nitrogens with zero attached hydrogens (tertiary/aromatic N) is 4. The highest BCUT2D eigenvalue weighted by atomic mass is 35.5.